The van der Waals surface area contributed by atoms with Crippen LogP contribution in [0.3, 0.4) is 0 Å². The van der Waals surface area contributed by atoms with Crippen molar-refractivity contribution in [2.75, 3.05) is 50.8 Å². The topological polar surface area (TPSA) is 147 Å². The Morgan fingerprint density at radius 2 is 1.92 bits per heavy atom. The molecule has 1 amide bonds. The minimum atomic E-state index is -0.392. The summed E-state index contributed by atoms with van der Waals surface area (Å²) in [5.41, 5.74) is 2.33. The molecule has 4 rings (SSSR count). The minimum absolute atomic E-state index is 0.000559. The number of piperazine rings is 1. The third-order valence-corrected chi connectivity index (χ3v) is 6.67. The molecule has 0 radical (unpaired) electrons. The Morgan fingerprint density at radius 1 is 1.18 bits per heavy atom. The molecule has 0 aliphatic carbocycles. The van der Waals surface area contributed by atoms with Crippen LogP contribution in [0, 0.1) is 6.92 Å². The van der Waals surface area contributed by atoms with Gasteiger partial charge in [-0.2, -0.15) is 4.98 Å². The fraction of sp³-hybridized carbons (Fsp3) is 0.480. The Kier molecular flexibility index (Phi) is 8.46. The lowest BCUT2D eigenvalue weighted by Gasteiger charge is -2.37. The fourth-order valence-corrected chi connectivity index (χ4v) is 4.62. The van der Waals surface area contributed by atoms with Crippen molar-refractivity contribution in [3.8, 4) is 5.75 Å². The number of nitrogens with zero attached hydrogens (tertiary/aromatic N) is 8. The Balaban J connectivity index is 1.58. The van der Waals surface area contributed by atoms with Gasteiger partial charge in [0.1, 0.15) is 12.6 Å². The monoisotopic (exact) mass is 524 g/mol. The third kappa shape index (κ3) is 5.42. The van der Waals surface area contributed by atoms with Crippen LogP contribution in [0.25, 0.3) is 5.57 Å². The van der Waals surface area contributed by atoms with E-state index in [1.165, 1.54) is 6.33 Å². The van der Waals surface area contributed by atoms with Gasteiger partial charge >= 0.3 is 0 Å². The first kappa shape index (κ1) is 26.9. The van der Waals surface area contributed by atoms with Crippen molar-refractivity contribution in [3.63, 3.8) is 0 Å². The zero-order valence-corrected chi connectivity index (χ0v) is 21.8. The molecule has 1 saturated heterocycles. The number of carbonyl (C=O) groups excluding carboxylic acids is 3. The number of hydrogen-bond acceptors (Lipinski definition) is 11. The highest BCUT2D eigenvalue weighted by Gasteiger charge is 2.29. The van der Waals surface area contributed by atoms with Crippen LogP contribution < -0.4 is 4.90 Å². The number of aldehydes is 2. The van der Waals surface area contributed by atoms with Gasteiger partial charge in [0.05, 0.1) is 31.1 Å². The summed E-state index contributed by atoms with van der Waals surface area (Å²) >= 11 is 0. The van der Waals surface area contributed by atoms with Gasteiger partial charge in [0.2, 0.25) is 5.95 Å². The van der Waals surface area contributed by atoms with E-state index in [2.05, 4.69) is 15.1 Å². The molecule has 13 heteroatoms. The molecule has 2 aromatic rings. The molecule has 1 N–H and O–H groups in total. The zero-order valence-electron chi connectivity index (χ0n) is 21.8. The summed E-state index contributed by atoms with van der Waals surface area (Å²) in [4.78, 5) is 54.8. The van der Waals surface area contributed by atoms with Crippen LogP contribution in [0.1, 0.15) is 41.8 Å². The maximum atomic E-state index is 13.0. The van der Waals surface area contributed by atoms with Crippen LogP contribution in [0.2, 0.25) is 0 Å². The van der Waals surface area contributed by atoms with Crippen molar-refractivity contribution in [2.24, 2.45) is 7.05 Å². The van der Waals surface area contributed by atoms with E-state index < -0.39 is 5.91 Å². The minimum Gasteiger partial charge on any atom is -0.504 e. The highest BCUT2D eigenvalue weighted by atomic mass is 16.5. The van der Waals surface area contributed by atoms with Gasteiger partial charge in [0, 0.05) is 38.9 Å². The molecule has 202 valence electrons. The smallest absolute Gasteiger partial charge is 0.276 e. The van der Waals surface area contributed by atoms with E-state index in [0.29, 0.717) is 81.1 Å². The molecule has 2 aliphatic heterocycles. The first-order valence-corrected chi connectivity index (χ1v) is 12.5. The van der Waals surface area contributed by atoms with Crippen LogP contribution in [0.4, 0.5) is 5.95 Å². The van der Waals surface area contributed by atoms with Crippen molar-refractivity contribution in [1.29, 1.82) is 0 Å². The summed E-state index contributed by atoms with van der Waals surface area (Å²) in [5, 5.41) is 14.8. The van der Waals surface area contributed by atoms with Gasteiger partial charge in [-0.25, -0.2) is 14.6 Å². The number of hydrogen-bond donors (Lipinski definition) is 1. The lowest BCUT2D eigenvalue weighted by atomic mass is 10.1. The first-order chi connectivity index (χ1) is 18.4. The van der Waals surface area contributed by atoms with Gasteiger partial charge in [-0.3, -0.25) is 9.59 Å². The number of aromatic nitrogens is 5. The molecule has 2 aliphatic rings. The van der Waals surface area contributed by atoms with E-state index in [1.54, 1.807) is 28.5 Å². The highest BCUT2D eigenvalue weighted by molar-refractivity contribution is 5.95. The molecule has 4 heterocycles. The van der Waals surface area contributed by atoms with Crippen LogP contribution in [0.5, 0.6) is 5.75 Å². The van der Waals surface area contributed by atoms with Gasteiger partial charge < -0.3 is 29.3 Å². The maximum absolute atomic E-state index is 13.0. The average molecular weight is 525 g/mol. The van der Waals surface area contributed by atoms with E-state index in [9.17, 15) is 19.5 Å². The molecule has 0 aromatic carbocycles. The van der Waals surface area contributed by atoms with Crippen LogP contribution in [-0.2, 0) is 21.4 Å². The summed E-state index contributed by atoms with van der Waals surface area (Å²) in [6.07, 6.45) is 5.91. The van der Waals surface area contributed by atoms with E-state index in [4.69, 9.17) is 9.72 Å². The van der Waals surface area contributed by atoms with Crippen LogP contribution in [0.15, 0.2) is 23.8 Å². The molecule has 13 nitrogen and oxygen atoms in total. The normalized spacial score (nSPS) is 16.6. The first-order valence-electron chi connectivity index (χ1n) is 12.5. The molecule has 0 saturated carbocycles. The van der Waals surface area contributed by atoms with Crippen LogP contribution in [-0.4, -0.2) is 104 Å². The van der Waals surface area contributed by atoms with Crippen molar-refractivity contribution < 1.29 is 24.2 Å². The highest BCUT2D eigenvalue weighted by Crippen LogP contribution is 2.27. The second-order valence-electron chi connectivity index (χ2n) is 8.93. The maximum Gasteiger partial charge on any atom is 0.276 e. The number of anilines is 1. The predicted molar refractivity (Wildman–Crippen MR) is 137 cm³/mol. The fourth-order valence-electron chi connectivity index (χ4n) is 4.62. The second-order valence-corrected chi connectivity index (χ2v) is 8.93. The molecule has 0 atom stereocenters. The molecule has 0 unspecified atom stereocenters. The number of rotatable bonds is 9. The van der Waals surface area contributed by atoms with Gasteiger partial charge in [0.25, 0.3) is 5.91 Å². The average Bonchev–Trinajstić information content (AvgIpc) is 3.33. The number of aryl methyl sites for hydroxylation is 2. The number of aromatic hydroxyl groups is 1. The largest absolute Gasteiger partial charge is 0.504 e. The SMILES string of the molecule is CC/C(=C(/C=O)N1CCN(C(=O)c2ncnc(C)c2O)CC1)N(CC=O)c1nc(C2=CCOCC2)nn1C. The Bertz CT molecular complexity index is 1260. The van der Waals surface area contributed by atoms with Crippen molar-refractivity contribution in [2.45, 2.75) is 26.7 Å². The summed E-state index contributed by atoms with van der Waals surface area (Å²) < 4.78 is 6.99. The summed E-state index contributed by atoms with van der Waals surface area (Å²) in [6.45, 7) is 6.04. The predicted octanol–water partition coefficient (Wildman–Crippen LogP) is 0.707. The lowest BCUT2D eigenvalue weighted by molar-refractivity contribution is -0.107. The molecule has 38 heavy (non-hydrogen) atoms. The van der Waals surface area contributed by atoms with E-state index in [-0.39, 0.29) is 18.0 Å². The standard InChI is InChI=1S/C25H32N8O5/c1-4-19(33(11-12-34)25-28-23(29-30(25)3)18-5-13-38-14-6-18)20(15-35)31-7-9-32(10-8-31)24(37)21-22(36)17(2)26-16-27-21/h5,12,15-16,36H,4,6-11,13-14H2,1-3H3/b20-19+. The molecule has 0 spiro atoms. The molecule has 1 fully saturated rings. The lowest BCUT2D eigenvalue weighted by Crippen LogP contribution is -2.49. The number of amides is 1. The van der Waals surface area contributed by atoms with Crippen molar-refractivity contribution >= 4 is 30.0 Å². The van der Waals surface area contributed by atoms with Gasteiger partial charge in [-0.15, -0.1) is 5.10 Å². The number of allylic oxidation sites excluding steroid dienone is 2. The van der Waals surface area contributed by atoms with E-state index >= 15 is 0 Å². The van der Waals surface area contributed by atoms with Crippen LogP contribution >= 0.6 is 0 Å². The molecular weight excluding hydrogens is 492 g/mol. The Morgan fingerprint density at radius 3 is 2.55 bits per heavy atom. The number of carbonyl (C=O) groups is 3. The Labute approximate surface area is 220 Å². The summed E-state index contributed by atoms with van der Waals surface area (Å²) in [5.74, 6) is 0.404. The van der Waals surface area contributed by atoms with E-state index in [0.717, 1.165) is 18.1 Å². The van der Waals surface area contributed by atoms with Gasteiger partial charge in [0.15, 0.2) is 23.6 Å². The molecule has 2 aromatic heterocycles. The quantitative estimate of drug-likeness (QED) is 0.365. The molecule has 0 bridgehead atoms. The number of ether oxygens (including phenoxy) is 1. The Hall–Kier alpha value is -4.13. The van der Waals surface area contributed by atoms with Crippen molar-refractivity contribution in [3.05, 3.63) is 41.0 Å². The summed E-state index contributed by atoms with van der Waals surface area (Å²) in [6, 6.07) is 0. The second kappa shape index (κ2) is 11.9. The van der Waals surface area contributed by atoms with Gasteiger partial charge in [-0.1, -0.05) is 13.0 Å². The van der Waals surface area contributed by atoms with E-state index in [1.807, 2.05) is 17.9 Å². The van der Waals surface area contributed by atoms with Crippen molar-refractivity contribution in [1.82, 2.24) is 34.5 Å². The van der Waals surface area contributed by atoms with Gasteiger partial charge in [-0.05, 0) is 25.3 Å². The summed E-state index contributed by atoms with van der Waals surface area (Å²) in [7, 11) is 1.76. The third-order valence-electron chi connectivity index (χ3n) is 6.67. The molecular formula is C25H32N8O5. The zero-order chi connectivity index (χ0) is 27.2.